The summed E-state index contributed by atoms with van der Waals surface area (Å²) in [5.41, 5.74) is 2.36. The van der Waals surface area contributed by atoms with Crippen molar-refractivity contribution in [3.63, 3.8) is 0 Å². The smallest absolute Gasteiger partial charge is 0.290 e. The molecule has 0 aliphatic heterocycles. The van der Waals surface area contributed by atoms with Gasteiger partial charge in [0, 0.05) is 24.3 Å². The predicted molar refractivity (Wildman–Crippen MR) is 89.8 cm³/mol. The number of aromatic nitrogens is 2. The highest BCUT2D eigenvalue weighted by atomic mass is 16.5. The maximum atomic E-state index is 12.3. The molecular weight excluding hydrogens is 322 g/mol. The van der Waals surface area contributed by atoms with Gasteiger partial charge in [0.1, 0.15) is 0 Å². The molecule has 0 aromatic carbocycles. The van der Waals surface area contributed by atoms with E-state index in [1.165, 1.54) is 26.0 Å². The highest BCUT2D eigenvalue weighted by molar-refractivity contribution is 5.91. The molecule has 1 unspecified atom stereocenters. The van der Waals surface area contributed by atoms with Crippen LogP contribution in [0.25, 0.3) is 0 Å². The highest BCUT2D eigenvalue weighted by Crippen LogP contribution is 2.31. The zero-order valence-electron chi connectivity index (χ0n) is 14.2. The largest absolute Gasteiger partial charge is 0.479 e. The minimum absolute atomic E-state index is 0.0166. The van der Waals surface area contributed by atoms with Crippen molar-refractivity contribution in [2.75, 3.05) is 7.11 Å². The maximum Gasteiger partial charge on any atom is 0.290 e. The van der Waals surface area contributed by atoms with Gasteiger partial charge in [-0.05, 0) is 48.7 Å². The van der Waals surface area contributed by atoms with Gasteiger partial charge in [-0.25, -0.2) is 0 Å². The summed E-state index contributed by atoms with van der Waals surface area (Å²) in [4.78, 5) is 24.5. The summed E-state index contributed by atoms with van der Waals surface area (Å²) in [5, 5.41) is 6.63. The van der Waals surface area contributed by atoms with Gasteiger partial charge in [0.2, 0.25) is 5.76 Å². The number of ether oxygens (including phenoxy) is 1. The number of carbonyl (C=O) groups excluding carboxylic acids is 1. The molecule has 132 valence electrons. The Morgan fingerprint density at radius 2 is 2.24 bits per heavy atom. The fourth-order valence-corrected chi connectivity index (χ4v) is 3.42. The lowest BCUT2D eigenvalue weighted by Gasteiger charge is -2.27. The van der Waals surface area contributed by atoms with Gasteiger partial charge < -0.3 is 19.1 Å². The molecule has 1 atom stereocenters. The number of hydrogen-bond donors (Lipinski definition) is 1. The van der Waals surface area contributed by atoms with Crippen molar-refractivity contribution in [3.8, 4) is 5.88 Å². The molecule has 25 heavy (non-hydrogen) atoms. The molecule has 1 saturated carbocycles. The Bertz CT molecular complexity index is 850. The van der Waals surface area contributed by atoms with Crippen molar-refractivity contribution in [2.24, 2.45) is 5.92 Å². The normalized spacial score (nSPS) is 19.3. The number of pyridine rings is 1. The molecule has 0 radical (unpaired) electrons. The number of fused-ring (bicyclic) bond motifs is 1. The molecule has 0 bridgehead atoms. The number of nitrogens with zero attached hydrogens (tertiary/aromatic N) is 2. The number of nitrogens with one attached hydrogen (secondary N) is 1. The van der Waals surface area contributed by atoms with Crippen LogP contribution < -0.4 is 15.6 Å². The Hall–Kier alpha value is -2.57. The summed E-state index contributed by atoms with van der Waals surface area (Å²) in [6, 6.07) is 5.03. The Balaban J connectivity index is 1.47. The molecule has 1 amide bonds. The van der Waals surface area contributed by atoms with Crippen LogP contribution in [0.5, 0.6) is 5.88 Å². The van der Waals surface area contributed by atoms with Crippen LogP contribution in [0.15, 0.2) is 27.5 Å². The van der Waals surface area contributed by atoms with E-state index in [1.54, 1.807) is 6.07 Å². The zero-order chi connectivity index (χ0) is 17.4. The Labute approximate surface area is 145 Å². The summed E-state index contributed by atoms with van der Waals surface area (Å²) in [7, 11) is 1.47. The van der Waals surface area contributed by atoms with Crippen LogP contribution in [0.3, 0.4) is 0 Å². The minimum Gasteiger partial charge on any atom is -0.479 e. The Kier molecular flexibility index (Phi) is 4.07. The van der Waals surface area contributed by atoms with E-state index < -0.39 is 0 Å². The summed E-state index contributed by atoms with van der Waals surface area (Å²) < 4.78 is 11.8. The van der Waals surface area contributed by atoms with Gasteiger partial charge in [0.05, 0.1) is 13.2 Å². The standard InChI is InChI=1S/C18H21N3O4/c1-24-16-9-15(25-20-16)18(23)19-13-5-6-14-12(8-13)4-7-17(22)21(14)10-11-2-3-11/h4,7,9,11,13H,2-3,5-6,8,10H2,1H3,(H,19,23). The zero-order valence-corrected chi connectivity index (χ0v) is 14.2. The number of carbonyl (C=O) groups is 1. The molecule has 0 saturated heterocycles. The maximum absolute atomic E-state index is 12.3. The summed E-state index contributed by atoms with van der Waals surface area (Å²) in [6.45, 7) is 0.830. The summed E-state index contributed by atoms with van der Waals surface area (Å²) in [6.07, 6.45) is 4.75. The van der Waals surface area contributed by atoms with Crippen LogP contribution in [0.2, 0.25) is 0 Å². The molecule has 2 aliphatic rings. The molecule has 7 heteroatoms. The van der Waals surface area contributed by atoms with E-state index in [4.69, 9.17) is 9.26 Å². The minimum atomic E-state index is -0.296. The number of methoxy groups -OCH3 is 1. The molecule has 1 N–H and O–H groups in total. The van der Waals surface area contributed by atoms with Crippen LogP contribution in [0.1, 0.15) is 41.1 Å². The van der Waals surface area contributed by atoms with E-state index in [0.717, 1.165) is 37.1 Å². The number of rotatable bonds is 5. The quantitative estimate of drug-likeness (QED) is 0.890. The first-order chi connectivity index (χ1) is 12.1. The summed E-state index contributed by atoms with van der Waals surface area (Å²) in [5.74, 6) is 0.781. The molecule has 4 rings (SSSR count). The first kappa shape index (κ1) is 15.9. The van der Waals surface area contributed by atoms with E-state index in [0.29, 0.717) is 5.92 Å². The van der Waals surface area contributed by atoms with Crippen LogP contribution in [0, 0.1) is 5.92 Å². The van der Waals surface area contributed by atoms with Crippen molar-refractivity contribution in [3.05, 3.63) is 45.6 Å². The SMILES string of the molecule is COc1cc(C(=O)NC2CCc3c(ccc(=O)n3CC3CC3)C2)on1. The molecular formula is C18H21N3O4. The average molecular weight is 343 g/mol. The van der Waals surface area contributed by atoms with Crippen LogP contribution in [0.4, 0.5) is 0 Å². The molecule has 2 aliphatic carbocycles. The Morgan fingerprint density at radius 1 is 1.40 bits per heavy atom. The lowest BCUT2D eigenvalue weighted by atomic mass is 9.91. The molecule has 2 aromatic rings. The van der Waals surface area contributed by atoms with Gasteiger partial charge >= 0.3 is 0 Å². The predicted octanol–water partition coefficient (Wildman–Crippen LogP) is 1.54. The van der Waals surface area contributed by atoms with Gasteiger partial charge in [-0.3, -0.25) is 9.59 Å². The third-order valence-corrected chi connectivity index (χ3v) is 4.98. The molecule has 7 nitrogen and oxygen atoms in total. The highest BCUT2D eigenvalue weighted by Gasteiger charge is 2.27. The van der Waals surface area contributed by atoms with Gasteiger partial charge in [-0.1, -0.05) is 6.07 Å². The van der Waals surface area contributed by atoms with Gasteiger partial charge in [-0.15, -0.1) is 0 Å². The topological polar surface area (TPSA) is 86.4 Å². The first-order valence-corrected chi connectivity index (χ1v) is 8.67. The third-order valence-electron chi connectivity index (χ3n) is 4.98. The molecule has 2 aromatic heterocycles. The van der Waals surface area contributed by atoms with Crippen LogP contribution in [-0.4, -0.2) is 28.8 Å². The van der Waals surface area contributed by atoms with Gasteiger partial charge in [0.25, 0.3) is 17.3 Å². The van der Waals surface area contributed by atoms with Gasteiger partial charge in [-0.2, -0.15) is 0 Å². The second-order valence-electron chi connectivity index (χ2n) is 6.84. The van der Waals surface area contributed by atoms with Crippen LogP contribution in [-0.2, 0) is 19.4 Å². The second kappa shape index (κ2) is 6.38. The van der Waals surface area contributed by atoms with Crippen molar-refractivity contribution in [1.82, 2.24) is 15.0 Å². The van der Waals surface area contributed by atoms with Crippen molar-refractivity contribution < 1.29 is 14.1 Å². The fourth-order valence-electron chi connectivity index (χ4n) is 3.42. The monoisotopic (exact) mass is 343 g/mol. The lowest BCUT2D eigenvalue weighted by molar-refractivity contribution is 0.0895. The van der Waals surface area contributed by atoms with E-state index in [1.807, 2.05) is 10.6 Å². The summed E-state index contributed by atoms with van der Waals surface area (Å²) >= 11 is 0. The Morgan fingerprint density at radius 3 is 2.96 bits per heavy atom. The number of hydrogen-bond acceptors (Lipinski definition) is 5. The van der Waals surface area contributed by atoms with Crippen molar-refractivity contribution in [1.29, 1.82) is 0 Å². The molecule has 0 spiro atoms. The molecule has 2 heterocycles. The van der Waals surface area contributed by atoms with Crippen molar-refractivity contribution >= 4 is 5.91 Å². The van der Waals surface area contributed by atoms with E-state index in [-0.39, 0.29) is 29.1 Å². The fraction of sp³-hybridized carbons (Fsp3) is 0.500. The number of amides is 1. The van der Waals surface area contributed by atoms with E-state index >= 15 is 0 Å². The first-order valence-electron chi connectivity index (χ1n) is 8.67. The average Bonchev–Trinajstić information content (AvgIpc) is 3.30. The third kappa shape index (κ3) is 3.31. The van der Waals surface area contributed by atoms with Gasteiger partial charge in [0.15, 0.2) is 0 Å². The second-order valence-corrected chi connectivity index (χ2v) is 6.84. The van der Waals surface area contributed by atoms with Crippen LogP contribution >= 0.6 is 0 Å². The van der Waals surface area contributed by atoms with E-state index in [2.05, 4.69) is 10.5 Å². The molecule has 1 fully saturated rings. The van der Waals surface area contributed by atoms with Crippen molar-refractivity contribution in [2.45, 2.75) is 44.7 Å². The lowest BCUT2D eigenvalue weighted by Crippen LogP contribution is -2.40. The van der Waals surface area contributed by atoms with E-state index in [9.17, 15) is 9.59 Å².